The van der Waals surface area contributed by atoms with Crippen LogP contribution in [0.15, 0.2) is 18.0 Å². The van der Waals surface area contributed by atoms with Crippen LogP contribution in [0.1, 0.15) is 49.7 Å². The molecule has 0 spiro atoms. The van der Waals surface area contributed by atoms with Crippen LogP contribution >= 0.6 is 0 Å². The highest BCUT2D eigenvalue weighted by Crippen LogP contribution is 2.17. The van der Waals surface area contributed by atoms with E-state index in [1.165, 1.54) is 6.20 Å². The van der Waals surface area contributed by atoms with E-state index in [9.17, 15) is 9.90 Å². The summed E-state index contributed by atoms with van der Waals surface area (Å²) in [6.07, 6.45) is 4.15. The van der Waals surface area contributed by atoms with Gasteiger partial charge in [0.05, 0.1) is 17.9 Å². The summed E-state index contributed by atoms with van der Waals surface area (Å²) >= 11 is 0. The van der Waals surface area contributed by atoms with E-state index in [0.717, 1.165) is 0 Å². The van der Waals surface area contributed by atoms with Gasteiger partial charge in [-0.05, 0) is 45.8 Å². The molecule has 0 aromatic carbocycles. The van der Waals surface area contributed by atoms with Gasteiger partial charge in [0.25, 0.3) is 0 Å². The van der Waals surface area contributed by atoms with Gasteiger partial charge in [0.1, 0.15) is 5.56 Å². The van der Waals surface area contributed by atoms with Gasteiger partial charge in [-0.1, -0.05) is 0 Å². The Morgan fingerprint density at radius 3 is 2.71 bits per heavy atom. The van der Waals surface area contributed by atoms with E-state index in [4.69, 9.17) is 16.2 Å². The number of allylic oxidation sites excluding steroid dienone is 1. The van der Waals surface area contributed by atoms with Gasteiger partial charge in [0.2, 0.25) is 0 Å². The SMILES string of the molecule is CCOC(=O)c1cnc(/C=C(\N)CCC(C)(C)O)cc1N. The van der Waals surface area contributed by atoms with Crippen LogP contribution in [0, 0.1) is 0 Å². The molecule has 1 rings (SSSR count). The minimum absolute atomic E-state index is 0.240. The first-order valence-corrected chi connectivity index (χ1v) is 6.84. The maximum atomic E-state index is 11.6. The number of nitrogens with zero attached hydrogens (tertiary/aromatic N) is 1. The Balaban J connectivity index is 2.81. The topological polar surface area (TPSA) is 111 Å². The van der Waals surface area contributed by atoms with E-state index in [0.29, 0.717) is 29.9 Å². The normalized spacial score (nSPS) is 12.3. The van der Waals surface area contributed by atoms with Crippen molar-refractivity contribution in [3.8, 4) is 0 Å². The van der Waals surface area contributed by atoms with E-state index in [1.54, 1.807) is 32.9 Å². The molecule has 0 amide bonds. The Morgan fingerprint density at radius 2 is 2.19 bits per heavy atom. The van der Waals surface area contributed by atoms with Crippen LogP contribution in [0.4, 0.5) is 5.69 Å². The molecule has 0 aliphatic rings. The number of pyridine rings is 1. The maximum Gasteiger partial charge on any atom is 0.341 e. The lowest BCUT2D eigenvalue weighted by Gasteiger charge is -2.16. The van der Waals surface area contributed by atoms with Crippen LogP contribution in [-0.2, 0) is 4.74 Å². The van der Waals surface area contributed by atoms with Crippen molar-refractivity contribution in [2.45, 2.75) is 39.2 Å². The molecule has 6 heteroatoms. The lowest BCUT2D eigenvalue weighted by atomic mass is 10.0. The fourth-order valence-electron chi connectivity index (χ4n) is 1.66. The smallest absolute Gasteiger partial charge is 0.341 e. The van der Waals surface area contributed by atoms with Gasteiger partial charge in [0.15, 0.2) is 0 Å². The van der Waals surface area contributed by atoms with Gasteiger partial charge in [-0.2, -0.15) is 0 Å². The van der Waals surface area contributed by atoms with Crippen LogP contribution in [0.3, 0.4) is 0 Å². The Bertz CT molecular complexity index is 533. The largest absolute Gasteiger partial charge is 0.462 e. The summed E-state index contributed by atoms with van der Waals surface area (Å²) < 4.78 is 4.88. The summed E-state index contributed by atoms with van der Waals surface area (Å²) in [5.41, 5.74) is 12.6. The van der Waals surface area contributed by atoms with Gasteiger partial charge in [-0.15, -0.1) is 0 Å². The first-order chi connectivity index (χ1) is 9.73. The zero-order valence-electron chi connectivity index (χ0n) is 12.7. The quantitative estimate of drug-likeness (QED) is 0.688. The molecular weight excluding hydrogens is 270 g/mol. The Labute approximate surface area is 124 Å². The number of anilines is 1. The fraction of sp³-hybridized carbons (Fsp3) is 0.467. The van der Waals surface area contributed by atoms with Crippen LogP contribution < -0.4 is 11.5 Å². The van der Waals surface area contributed by atoms with E-state index in [-0.39, 0.29) is 12.2 Å². The number of aliphatic hydroxyl groups is 1. The summed E-state index contributed by atoms with van der Waals surface area (Å²) in [6, 6.07) is 1.57. The molecule has 0 bridgehead atoms. The number of hydrogen-bond acceptors (Lipinski definition) is 6. The molecule has 0 radical (unpaired) electrons. The zero-order chi connectivity index (χ0) is 16.0. The Kier molecular flexibility index (Phi) is 5.72. The molecule has 0 saturated carbocycles. The number of hydrogen-bond donors (Lipinski definition) is 3. The maximum absolute atomic E-state index is 11.6. The van der Waals surface area contributed by atoms with Crippen molar-refractivity contribution >= 4 is 17.7 Å². The average molecular weight is 293 g/mol. The summed E-state index contributed by atoms with van der Waals surface area (Å²) in [7, 11) is 0. The van der Waals surface area contributed by atoms with Crippen molar-refractivity contribution < 1.29 is 14.6 Å². The third-order valence-corrected chi connectivity index (χ3v) is 2.81. The number of nitrogens with two attached hydrogens (primary N) is 2. The zero-order valence-corrected chi connectivity index (χ0v) is 12.7. The Morgan fingerprint density at radius 1 is 1.52 bits per heavy atom. The van der Waals surface area contributed by atoms with E-state index in [1.807, 2.05) is 0 Å². The van der Waals surface area contributed by atoms with E-state index < -0.39 is 11.6 Å². The molecule has 0 atom stereocenters. The Hall–Kier alpha value is -2.08. The molecule has 0 fully saturated rings. The van der Waals surface area contributed by atoms with Crippen LogP contribution in [0.25, 0.3) is 6.08 Å². The van der Waals surface area contributed by atoms with E-state index >= 15 is 0 Å². The molecule has 1 aromatic rings. The summed E-state index contributed by atoms with van der Waals surface area (Å²) in [6.45, 7) is 5.46. The number of ether oxygens (including phenoxy) is 1. The second-order valence-electron chi connectivity index (χ2n) is 5.45. The standard InChI is InChI=1S/C15H23N3O3/c1-4-21-14(19)12-9-18-11(8-13(12)17)7-10(16)5-6-15(2,3)20/h7-9,20H,4-6,16H2,1-3H3,(H2,17,18)/b10-7-. The van der Waals surface area contributed by atoms with Crippen LogP contribution in [0.2, 0.25) is 0 Å². The van der Waals surface area contributed by atoms with Gasteiger partial charge >= 0.3 is 5.97 Å². The highest BCUT2D eigenvalue weighted by Gasteiger charge is 2.13. The lowest BCUT2D eigenvalue weighted by Crippen LogP contribution is -2.19. The lowest BCUT2D eigenvalue weighted by molar-refractivity contribution is 0.0527. The predicted molar refractivity (Wildman–Crippen MR) is 82.3 cm³/mol. The molecule has 6 nitrogen and oxygen atoms in total. The van der Waals surface area contributed by atoms with E-state index in [2.05, 4.69) is 4.98 Å². The van der Waals surface area contributed by atoms with Crippen molar-refractivity contribution in [2.75, 3.05) is 12.3 Å². The molecule has 5 N–H and O–H groups in total. The van der Waals surface area contributed by atoms with Gasteiger partial charge in [0, 0.05) is 17.6 Å². The molecule has 0 unspecified atom stereocenters. The molecular formula is C15H23N3O3. The van der Waals surface area contributed by atoms with Crippen LogP contribution in [0.5, 0.6) is 0 Å². The third-order valence-electron chi connectivity index (χ3n) is 2.81. The summed E-state index contributed by atoms with van der Waals surface area (Å²) in [5.74, 6) is -0.493. The highest BCUT2D eigenvalue weighted by molar-refractivity contribution is 5.94. The second-order valence-corrected chi connectivity index (χ2v) is 5.45. The summed E-state index contributed by atoms with van der Waals surface area (Å²) in [4.78, 5) is 15.7. The fourth-order valence-corrected chi connectivity index (χ4v) is 1.66. The molecule has 21 heavy (non-hydrogen) atoms. The number of aromatic nitrogens is 1. The highest BCUT2D eigenvalue weighted by atomic mass is 16.5. The van der Waals surface area contributed by atoms with Gasteiger partial charge in [-0.25, -0.2) is 4.79 Å². The number of carbonyl (C=O) groups is 1. The number of rotatable bonds is 6. The molecule has 1 heterocycles. The van der Waals surface area contributed by atoms with Crippen molar-refractivity contribution in [1.29, 1.82) is 0 Å². The molecule has 116 valence electrons. The molecule has 0 saturated heterocycles. The minimum atomic E-state index is -0.765. The number of esters is 1. The van der Waals surface area contributed by atoms with Gasteiger partial charge in [-0.3, -0.25) is 4.98 Å². The van der Waals surface area contributed by atoms with Crippen molar-refractivity contribution in [1.82, 2.24) is 4.98 Å². The first kappa shape index (κ1) is 17.0. The van der Waals surface area contributed by atoms with Crippen molar-refractivity contribution in [3.63, 3.8) is 0 Å². The molecule has 0 aliphatic carbocycles. The van der Waals surface area contributed by atoms with Gasteiger partial charge < -0.3 is 21.3 Å². The van der Waals surface area contributed by atoms with Crippen LogP contribution in [-0.4, -0.2) is 28.3 Å². The summed E-state index contributed by atoms with van der Waals surface area (Å²) in [5, 5.41) is 9.65. The second kappa shape index (κ2) is 7.08. The number of carbonyl (C=O) groups excluding carboxylic acids is 1. The number of nitrogen functional groups attached to an aromatic ring is 1. The third kappa shape index (κ3) is 5.83. The molecule has 1 aromatic heterocycles. The first-order valence-electron chi connectivity index (χ1n) is 6.84. The van der Waals surface area contributed by atoms with Crippen molar-refractivity contribution in [3.05, 3.63) is 29.2 Å². The molecule has 0 aliphatic heterocycles. The predicted octanol–water partition coefficient (Wildman–Crippen LogP) is 1.69. The monoisotopic (exact) mass is 293 g/mol. The minimum Gasteiger partial charge on any atom is -0.462 e. The average Bonchev–Trinajstić information content (AvgIpc) is 2.36. The van der Waals surface area contributed by atoms with Crippen molar-refractivity contribution in [2.24, 2.45) is 5.73 Å².